The van der Waals surface area contributed by atoms with E-state index in [2.05, 4.69) is 45.4 Å². The van der Waals surface area contributed by atoms with Crippen LogP contribution in [0.5, 0.6) is 0 Å². The Kier molecular flexibility index (Phi) is 5.05. The highest BCUT2D eigenvalue weighted by atomic mass is 127. The molecule has 0 atom stereocenters. The van der Waals surface area contributed by atoms with Gasteiger partial charge in [-0.1, -0.05) is 24.3 Å². The normalized spacial score (nSPS) is 11.4. The van der Waals surface area contributed by atoms with Crippen molar-refractivity contribution in [3.63, 3.8) is 0 Å². The van der Waals surface area contributed by atoms with Gasteiger partial charge in [-0.05, 0) is 78.4 Å². The fraction of sp³-hybridized carbons (Fsp3) is 0.0952. The first-order chi connectivity index (χ1) is 12.0. The first kappa shape index (κ1) is 17.4. The van der Waals surface area contributed by atoms with E-state index in [1.807, 2.05) is 32.0 Å². The molecule has 0 spiro atoms. The van der Waals surface area contributed by atoms with Crippen LogP contribution >= 0.6 is 22.6 Å². The Hall–Kier alpha value is -2.39. The third-order valence-corrected chi connectivity index (χ3v) is 4.79. The number of halogens is 2. The van der Waals surface area contributed by atoms with E-state index in [1.165, 1.54) is 6.07 Å². The molecule has 4 heteroatoms. The smallest absolute Gasteiger partial charge is 0.131 e. The summed E-state index contributed by atoms with van der Waals surface area (Å²) in [6, 6.07) is 18.7. The number of benzene rings is 2. The van der Waals surface area contributed by atoms with Gasteiger partial charge in [0.05, 0.1) is 11.6 Å². The molecule has 124 valence electrons. The van der Waals surface area contributed by atoms with Crippen molar-refractivity contribution >= 4 is 34.2 Å². The lowest BCUT2D eigenvalue weighted by atomic mass is 10.0. The van der Waals surface area contributed by atoms with Gasteiger partial charge in [0, 0.05) is 26.2 Å². The zero-order chi connectivity index (χ0) is 18.0. The van der Waals surface area contributed by atoms with Crippen LogP contribution in [-0.4, -0.2) is 4.57 Å². The van der Waals surface area contributed by atoms with Crippen LogP contribution in [0.15, 0.2) is 54.6 Å². The van der Waals surface area contributed by atoms with Crippen molar-refractivity contribution in [1.29, 1.82) is 5.26 Å². The first-order valence-corrected chi connectivity index (χ1v) is 8.90. The predicted octanol–water partition coefficient (Wildman–Crippen LogP) is 5.90. The lowest BCUT2D eigenvalue weighted by molar-refractivity contribution is 0.624. The Morgan fingerprint density at radius 2 is 1.88 bits per heavy atom. The van der Waals surface area contributed by atoms with E-state index in [0.29, 0.717) is 11.1 Å². The summed E-state index contributed by atoms with van der Waals surface area (Å²) in [5.74, 6) is -0.387. The van der Waals surface area contributed by atoms with Gasteiger partial charge in [0.15, 0.2) is 0 Å². The van der Waals surface area contributed by atoms with Gasteiger partial charge in [-0.2, -0.15) is 5.26 Å². The zero-order valence-electron chi connectivity index (χ0n) is 13.9. The number of hydrogen-bond acceptors (Lipinski definition) is 1. The minimum absolute atomic E-state index is 0.320. The quantitative estimate of drug-likeness (QED) is 0.367. The standard InChI is InChI=1S/C21H16FIN2/c1-14-10-16(11-17(13-24)20-8-3-4-9-21(20)22)15(2)25(14)19-7-5-6-18(23)12-19/h3-12H,1-2H3. The van der Waals surface area contributed by atoms with Crippen LogP contribution in [0.25, 0.3) is 17.3 Å². The maximum atomic E-state index is 14.0. The van der Waals surface area contributed by atoms with Crippen LogP contribution in [0.2, 0.25) is 0 Å². The molecule has 0 fully saturated rings. The van der Waals surface area contributed by atoms with Crippen LogP contribution in [0.3, 0.4) is 0 Å². The Balaban J connectivity index is 2.12. The molecule has 0 unspecified atom stereocenters. The fourth-order valence-electron chi connectivity index (χ4n) is 2.95. The molecule has 3 rings (SSSR count). The highest BCUT2D eigenvalue weighted by molar-refractivity contribution is 14.1. The highest BCUT2D eigenvalue weighted by Crippen LogP contribution is 2.26. The number of aryl methyl sites for hydroxylation is 1. The summed E-state index contributed by atoms with van der Waals surface area (Å²) < 4.78 is 17.3. The number of nitriles is 1. The van der Waals surface area contributed by atoms with Gasteiger partial charge >= 0.3 is 0 Å². The van der Waals surface area contributed by atoms with Crippen molar-refractivity contribution in [2.75, 3.05) is 0 Å². The molecule has 1 heterocycles. The summed E-state index contributed by atoms with van der Waals surface area (Å²) in [4.78, 5) is 0. The van der Waals surface area contributed by atoms with Gasteiger partial charge in [-0.15, -0.1) is 0 Å². The summed E-state index contributed by atoms with van der Waals surface area (Å²) in [5, 5.41) is 9.49. The van der Waals surface area contributed by atoms with Crippen molar-refractivity contribution < 1.29 is 4.39 Å². The molecule has 2 nitrogen and oxygen atoms in total. The summed E-state index contributed by atoms with van der Waals surface area (Å²) in [7, 11) is 0. The fourth-order valence-corrected chi connectivity index (χ4v) is 3.48. The predicted molar refractivity (Wildman–Crippen MR) is 108 cm³/mol. The maximum Gasteiger partial charge on any atom is 0.131 e. The lowest BCUT2D eigenvalue weighted by Crippen LogP contribution is -1.99. The van der Waals surface area contributed by atoms with Crippen molar-refractivity contribution in [3.05, 3.63) is 86.5 Å². The molecule has 0 bridgehead atoms. The average molecular weight is 442 g/mol. The summed E-state index contributed by atoms with van der Waals surface area (Å²) in [5.41, 5.74) is 4.72. The lowest BCUT2D eigenvalue weighted by Gasteiger charge is -2.10. The average Bonchev–Trinajstić information content (AvgIpc) is 2.87. The Labute approximate surface area is 160 Å². The molecule has 25 heavy (non-hydrogen) atoms. The molecule has 0 amide bonds. The second-order valence-corrected chi connectivity index (χ2v) is 7.04. The third-order valence-electron chi connectivity index (χ3n) is 4.12. The monoisotopic (exact) mass is 442 g/mol. The largest absolute Gasteiger partial charge is 0.318 e. The van der Waals surface area contributed by atoms with Crippen molar-refractivity contribution in [2.45, 2.75) is 13.8 Å². The minimum Gasteiger partial charge on any atom is -0.318 e. The van der Waals surface area contributed by atoms with E-state index >= 15 is 0 Å². The SMILES string of the molecule is Cc1cc(C=C(C#N)c2ccccc2F)c(C)n1-c1cccc(I)c1. The summed E-state index contributed by atoms with van der Waals surface area (Å²) >= 11 is 2.29. The molecular weight excluding hydrogens is 426 g/mol. The molecule has 0 saturated carbocycles. The van der Waals surface area contributed by atoms with Crippen LogP contribution in [0, 0.1) is 34.6 Å². The number of hydrogen-bond donors (Lipinski definition) is 0. The second kappa shape index (κ2) is 7.24. The van der Waals surface area contributed by atoms with Gasteiger partial charge in [0.25, 0.3) is 0 Å². The van der Waals surface area contributed by atoms with E-state index in [9.17, 15) is 9.65 Å². The minimum atomic E-state index is -0.387. The van der Waals surface area contributed by atoms with E-state index in [0.717, 1.165) is 26.2 Å². The first-order valence-electron chi connectivity index (χ1n) is 7.83. The van der Waals surface area contributed by atoms with Gasteiger partial charge in [0.1, 0.15) is 5.82 Å². The Bertz CT molecular complexity index is 1010. The molecule has 0 N–H and O–H groups in total. The Morgan fingerprint density at radius 3 is 2.56 bits per heavy atom. The number of aromatic nitrogens is 1. The summed E-state index contributed by atoms with van der Waals surface area (Å²) in [6.07, 6.45) is 1.76. The Morgan fingerprint density at radius 1 is 1.12 bits per heavy atom. The van der Waals surface area contributed by atoms with Gasteiger partial charge in [-0.25, -0.2) is 4.39 Å². The topological polar surface area (TPSA) is 28.7 Å². The van der Waals surface area contributed by atoms with Crippen molar-refractivity contribution in [2.24, 2.45) is 0 Å². The molecule has 0 saturated heterocycles. The molecule has 0 aliphatic carbocycles. The molecule has 3 aromatic rings. The number of nitrogens with zero attached hydrogens (tertiary/aromatic N) is 2. The molecule has 1 aromatic heterocycles. The van der Waals surface area contributed by atoms with Crippen LogP contribution in [-0.2, 0) is 0 Å². The number of rotatable bonds is 3. The van der Waals surface area contributed by atoms with E-state index in [-0.39, 0.29) is 5.82 Å². The van der Waals surface area contributed by atoms with E-state index < -0.39 is 0 Å². The second-order valence-electron chi connectivity index (χ2n) is 5.79. The van der Waals surface area contributed by atoms with Crippen LogP contribution in [0.1, 0.15) is 22.5 Å². The van der Waals surface area contributed by atoms with Gasteiger partial charge < -0.3 is 4.57 Å². The van der Waals surface area contributed by atoms with Gasteiger partial charge in [0.2, 0.25) is 0 Å². The van der Waals surface area contributed by atoms with E-state index in [1.54, 1.807) is 24.3 Å². The molecular formula is C21H16FIN2. The highest BCUT2D eigenvalue weighted by Gasteiger charge is 2.12. The zero-order valence-corrected chi connectivity index (χ0v) is 16.1. The molecule has 2 aromatic carbocycles. The third kappa shape index (κ3) is 3.52. The number of allylic oxidation sites excluding steroid dienone is 1. The van der Waals surface area contributed by atoms with Crippen LogP contribution < -0.4 is 0 Å². The van der Waals surface area contributed by atoms with E-state index in [4.69, 9.17) is 0 Å². The van der Waals surface area contributed by atoms with Crippen LogP contribution in [0.4, 0.5) is 4.39 Å². The summed E-state index contributed by atoms with van der Waals surface area (Å²) in [6.45, 7) is 4.04. The molecule has 0 radical (unpaired) electrons. The van der Waals surface area contributed by atoms with Crippen molar-refractivity contribution in [3.8, 4) is 11.8 Å². The molecule has 0 aliphatic rings. The van der Waals surface area contributed by atoms with Gasteiger partial charge in [-0.3, -0.25) is 0 Å². The van der Waals surface area contributed by atoms with Crippen molar-refractivity contribution in [1.82, 2.24) is 4.57 Å². The maximum absolute atomic E-state index is 14.0. The molecule has 0 aliphatic heterocycles.